The highest BCUT2D eigenvalue weighted by atomic mass is 79.9. The maximum absolute atomic E-state index is 13.9. The summed E-state index contributed by atoms with van der Waals surface area (Å²) < 4.78 is 23.1. The lowest BCUT2D eigenvalue weighted by atomic mass is 9.94. The van der Waals surface area contributed by atoms with E-state index >= 15 is 0 Å². The Morgan fingerprint density at radius 1 is 1.03 bits per heavy atom. The Morgan fingerprint density at radius 2 is 1.71 bits per heavy atom. The number of amides is 1. The Kier molecular flexibility index (Phi) is 6.81. The first-order valence-corrected chi connectivity index (χ1v) is 12.3. The van der Waals surface area contributed by atoms with Gasteiger partial charge in [0.1, 0.15) is 5.58 Å². The van der Waals surface area contributed by atoms with Crippen molar-refractivity contribution in [2.75, 3.05) is 21.3 Å². The Balaban J connectivity index is 1.67. The molecular weight excluding hydrogens is 556 g/mol. The molecule has 10 heteroatoms. The number of rotatable bonds is 8. The van der Waals surface area contributed by atoms with E-state index in [2.05, 4.69) is 20.9 Å². The number of ether oxygens (including phenoxy) is 3. The smallest absolute Gasteiger partial charge is 0.290 e. The summed E-state index contributed by atoms with van der Waals surface area (Å²) >= 11 is 3.42. The lowest BCUT2D eigenvalue weighted by Crippen LogP contribution is -2.30. The molecule has 0 aliphatic carbocycles. The number of aliphatic hydroxyl groups excluding tert-OH is 1. The molecule has 2 aromatic heterocycles. The van der Waals surface area contributed by atoms with Crippen LogP contribution in [-0.2, 0) is 11.3 Å². The number of aromatic nitrogens is 1. The fourth-order valence-corrected chi connectivity index (χ4v) is 4.98. The van der Waals surface area contributed by atoms with Crippen LogP contribution in [0.4, 0.5) is 0 Å². The van der Waals surface area contributed by atoms with Crippen LogP contribution in [0.25, 0.3) is 11.0 Å². The Bertz CT molecular complexity index is 1550. The van der Waals surface area contributed by atoms with Gasteiger partial charge in [-0.3, -0.25) is 14.6 Å². The van der Waals surface area contributed by atoms with Crippen molar-refractivity contribution >= 4 is 38.6 Å². The van der Waals surface area contributed by atoms with Crippen LogP contribution < -0.4 is 14.2 Å². The zero-order valence-electron chi connectivity index (χ0n) is 20.7. The molecule has 5 rings (SSSR count). The average Bonchev–Trinajstić information content (AvgIpc) is 3.46. The summed E-state index contributed by atoms with van der Waals surface area (Å²) in [5.41, 5.74) is 1.63. The predicted octanol–water partition coefficient (Wildman–Crippen LogP) is 5.39. The highest BCUT2D eigenvalue weighted by Gasteiger charge is 2.45. The van der Waals surface area contributed by atoms with Gasteiger partial charge in [-0.15, -0.1) is 0 Å². The monoisotopic (exact) mass is 578 g/mol. The molecule has 0 saturated heterocycles. The summed E-state index contributed by atoms with van der Waals surface area (Å²) in [5, 5.41) is 11.8. The van der Waals surface area contributed by atoms with Gasteiger partial charge in [0.15, 0.2) is 23.0 Å². The molecule has 4 aromatic rings. The van der Waals surface area contributed by atoms with Gasteiger partial charge in [0.05, 0.1) is 32.9 Å². The average molecular weight is 579 g/mol. The van der Waals surface area contributed by atoms with Gasteiger partial charge >= 0.3 is 0 Å². The number of aliphatic hydroxyl groups is 1. The van der Waals surface area contributed by atoms with Gasteiger partial charge in [-0.25, -0.2) is 0 Å². The SMILES string of the molecule is COc1cc(C2C(C(=O)c3cc4cc(Br)ccc4o3)=C(O)C(=O)N2Cc2ccncc2)cc(OC)c1OC. The van der Waals surface area contributed by atoms with Crippen LogP contribution in [0.2, 0.25) is 0 Å². The van der Waals surface area contributed by atoms with Gasteiger partial charge in [0, 0.05) is 28.8 Å². The van der Waals surface area contributed by atoms with Crippen molar-refractivity contribution in [3.63, 3.8) is 0 Å². The van der Waals surface area contributed by atoms with Crippen molar-refractivity contribution in [3.05, 3.63) is 93.6 Å². The minimum absolute atomic E-state index is 0.00403. The van der Waals surface area contributed by atoms with Crippen molar-refractivity contribution < 1.29 is 33.3 Å². The Hall–Kier alpha value is -4.31. The molecule has 9 nitrogen and oxygen atoms in total. The molecule has 0 saturated carbocycles. The highest BCUT2D eigenvalue weighted by Crippen LogP contribution is 2.46. The molecular formula is C28H23BrN2O7. The molecule has 1 aliphatic rings. The summed E-state index contributed by atoms with van der Waals surface area (Å²) in [6, 6.07) is 12.8. The summed E-state index contributed by atoms with van der Waals surface area (Å²) in [6.07, 6.45) is 3.21. The molecule has 2 aromatic carbocycles. The predicted molar refractivity (Wildman–Crippen MR) is 142 cm³/mol. The van der Waals surface area contributed by atoms with Gasteiger partial charge in [0.25, 0.3) is 5.91 Å². The second-order valence-corrected chi connectivity index (χ2v) is 9.45. The molecule has 194 valence electrons. The summed E-state index contributed by atoms with van der Waals surface area (Å²) in [5.74, 6) is -0.926. The molecule has 0 spiro atoms. The fraction of sp³-hybridized carbons (Fsp3) is 0.179. The van der Waals surface area contributed by atoms with E-state index < -0.39 is 23.5 Å². The molecule has 1 atom stereocenters. The van der Waals surface area contributed by atoms with Crippen molar-refractivity contribution in [1.82, 2.24) is 9.88 Å². The van der Waals surface area contributed by atoms with E-state index in [9.17, 15) is 14.7 Å². The van der Waals surface area contributed by atoms with E-state index in [1.54, 1.807) is 54.9 Å². The number of carbonyl (C=O) groups excluding carboxylic acids is 2. The second kappa shape index (κ2) is 10.2. The number of Topliss-reactive ketones (excluding diaryl/α,β-unsaturated/α-hetero) is 1. The van der Waals surface area contributed by atoms with Crippen LogP contribution in [0.5, 0.6) is 17.2 Å². The number of hydrogen-bond acceptors (Lipinski definition) is 8. The number of fused-ring (bicyclic) bond motifs is 1. The lowest BCUT2D eigenvalue weighted by Gasteiger charge is -2.27. The maximum Gasteiger partial charge on any atom is 0.290 e. The van der Waals surface area contributed by atoms with Crippen molar-refractivity contribution in [3.8, 4) is 17.2 Å². The quantitative estimate of drug-likeness (QED) is 0.277. The summed E-state index contributed by atoms with van der Waals surface area (Å²) in [4.78, 5) is 32.7. The molecule has 1 N–H and O–H groups in total. The third-order valence-electron chi connectivity index (χ3n) is 6.36. The van der Waals surface area contributed by atoms with Crippen LogP contribution in [0.1, 0.15) is 27.7 Å². The first-order valence-electron chi connectivity index (χ1n) is 11.5. The lowest BCUT2D eigenvalue weighted by molar-refractivity contribution is -0.130. The minimum atomic E-state index is -0.975. The number of furan rings is 1. The van der Waals surface area contributed by atoms with Crippen LogP contribution >= 0.6 is 15.9 Å². The summed E-state index contributed by atoms with van der Waals surface area (Å²) in [7, 11) is 4.43. The molecule has 3 heterocycles. The number of carbonyl (C=O) groups is 2. The van der Waals surface area contributed by atoms with Gasteiger partial charge in [-0.05, 0) is 59.7 Å². The topological polar surface area (TPSA) is 111 Å². The largest absolute Gasteiger partial charge is 0.503 e. The third-order valence-corrected chi connectivity index (χ3v) is 6.85. The molecule has 0 bridgehead atoms. The minimum Gasteiger partial charge on any atom is -0.503 e. The van der Waals surface area contributed by atoms with E-state index in [0.29, 0.717) is 33.8 Å². The van der Waals surface area contributed by atoms with Crippen LogP contribution in [0, 0.1) is 0 Å². The Morgan fingerprint density at radius 3 is 2.34 bits per heavy atom. The standard InChI is InChI=1S/C28H23BrN2O7/c1-35-21-12-17(13-22(36-2)27(21)37-3)24-23(25(32)20-11-16-10-18(29)4-5-19(16)38-20)26(33)28(34)31(24)14-15-6-8-30-9-7-15/h4-13,24,33H,14H2,1-3H3. The van der Waals surface area contributed by atoms with Gasteiger partial charge in [-0.2, -0.15) is 0 Å². The zero-order chi connectivity index (χ0) is 27.0. The maximum atomic E-state index is 13.9. The van der Waals surface area contributed by atoms with Gasteiger partial charge in [-0.1, -0.05) is 15.9 Å². The summed E-state index contributed by atoms with van der Waals surface area (Å²) in [6.45, 7) is 0.108. The van der Waals surface area contributed by atoms with E-state index in [4.69, 9.17) is 18.6 Å². The molecule has 0 radical (unpaired) electrons. The normalized spacial score (nSPS) is 15.3. The number of methoxy groups -OCH3 is 3. The van der Waals surface area contributed by atoms with E-state index in [-0.39, 0.29) is 17.9 Å². The number of ketones is 1. The number of hydrogen-bond donors (Lipinski definition) is 1. The molecule has 1 amide bonds. The van der Waals surface area contributed by atoms with Crippen molar-refractivity contribution in [1.29, 1.82) is 0 Å². The number of benzene rings is 2. The number of pyridine rings is 1. The van der Waals surface area contributed by atoms with Crippen molar-refractivity contribution in [2.24, 2.45) is 0 Å². The van der Waals surface area contributed by atoms with Crippen LogP contribution in [-0.4, -0.2) is 48.0 Å². The first kappa shape index (κ1) is 25.3. The number of halogens is 1. The van der Waals surface area contributed by atoms with Crippen LogP contribution in [0.15, 0.2) is 81.1 Å². The van der Waals surface area contributed by atoms with Gasteiger partial charge < -0.3 is 28.6 Å². The molecule has 38 heavy (non-hydrogen) atoms. The third kappa shape index (κ3) is 4.37. The highest BCUT2D eigenvalue weighted by molar-refractivity contribution is 9.10. The van der Waals surface area contributed by atoms with Crippen molar-refractivity contribution in [2.45, 2.75) is 12.6 Å². The van der Waals surface area contributed by atoms with E-state index in [0.717, 1.165) is 10.0 Å². The molecule has 1 unspecified atom stereocenters. The fourth-order valence-electron chi connectivity index (χ4n) is 4.60. The molecule has 0 fully saturated rings. The van der Waals surface area contributed by atoms with E-state index in [1.807, 2.05) is 6.07 Å². The molecule has 1 aliphatic heterocycles. The Labute approximate surface area is 226 Å². The van der Waals surface area contributed by atoms with Crippen LogP contribution in [0.3, 0.4) is 0 Å². The first-order chi connectivity index (χ1) is 18.4. The second-order valence-electron chi connectivity index (χ2n) is 8.53. The van der Waals surface area contributed by atoms with Gasteiger partial charge in [0.2, 0.25) is 11.5 Å². The zero-order valence-corrected chi connectivity index (χ0v) is 22.3. The van der Waals surface area contributed by atoms with E-state index in [1.165, 1.54) is 26.2 Å². The number of nitrogens with zero attached hydrogens (tertiary/aromatic N) is 2.